The van der Waals surface area contributed by atoms with Crippen molar-refractivity contribution >= 4 is 11.6 Å². The van der Waals surface area contributed by atoms with Crippen LogP contribution in [0.2, 0.25) is 0 Å². The van der Waals surface area contributed by atoms with Gasteiger partial charge in [0.05, 0.1) is 0 Å². The van der Waals surface area contributed by atoms with Crippen LogP contribution < -0.4 is 0 Å². The molecule has 64 valence electrons. The summed E-state index contributed by atoms with van der Waals surface area (Å²) in [5.41, 5.74) is 0. The van der Waals surface area contributed by atoms with E-state index in [4.69, 9.17) is 11.6 Å². The van der Waals surface area contributed by atoms with Gasteiger partial charge in [0.25, 0.3) is 0 Å². The summed E-state index contributed by atoms with van der Waals surface area (Å²) in [7, 11) is 0. The van der Waals surface area contributed by atoms with Crippen LogP contribution in [0.25, 0.3) is 0 Å². The third kappa shape index (κ3) is 2.86. The second kappa shape index (κ2) is 4.82. The van der Waals surface area contributed by atoms with E-state index in [1.807, 2.05) is 6.08 Å². The molecule has 0 unspecified atom stereocenters. The van der Waals surface area contributed by atoms with Gasteiger partial charge < -0.3 is 0 Å². The van der Waals surface area contributed by atoms with Gasteiger partial charge in [0.2, 0.25) is 0 Å². The first-order valence-corrected chi connectivity index (χ1v) is 5.07. The molecule has 0 nitrogen and oxygen atoms in total. The molecule has 0 N–H and O–H groups in total. The average Bonchev–Trinajstić information content (AvgIpc) is 2.07. The van der Waals surface area contributed by atoms with E-state index >= 15 is 0 Å². The molecule has 0 aliphatic heterocycles. The molecule has 1 fully saturated rings. The maximum Gasteiger partial charge on any atom is 0.0251 e. The van der Waals surface area contributed by atoms with Gasteiger partial charge in [-0.2, -0.15) is 0 Å². The summed E-state index contributed by atoms with van der Waals surface area (Å²) in [6.07, 6.45) is 8.65. The molecule has 0 bridgehead atoms. The summed E-state index contributed by atoms with van der Waals surface area (Å²) in [6.45, 7) is 3.77. The van der Waals surface area contributed by atoms with E-state index in [1.165, 1.54) is 32.1 Å². The number of rotatable bonds is 3. The SMILES string of the molecule is C=CCC1CCC(CCl)CC1. The van der Waals surface area contributed by atoms with Crippen LogP contribution >= 0.6 is 11.6 Å². The Hall–Kier alpha value is 0.0300. The first-order chi connectivity index (χ1) is 5.36. The monoisotopic (exact) mass is 172 g/mol. The highest BCUT2D eigenvalue weighted by Crippen LogP contribution is 2.31. The van der Waals surface area contributed by atoms with Crippen molar-refractivity contribution in [3.05, 3.63) is 12.7 Å². The molecule has 0 radical (unpaired) electrons. The van der Waals surface area contributed by atoms with Gasteiger partial charge in [-0.3, -0.25) is 0 Å². The fraction of sp³-hybridized carbons (Fsp3) is 0.800. The minimum atomic E-state index is 0.803. The van der Waals surface area contributed by atoms with E-state index in [9.17, 15) is 0 Å². The summed E-state index contributed by atoms with van der Waals surface area (Å²) < 4.78 is 0. The molecule has 0 aromatic heterocycles. The number of hydrogen-bond acceptors (Lipinski definition) is 0. The Morgan fingerprint density at radius 2 is 1.73 bits per heavy atom. The topological polar surface area (TPSA) is 0 Å². The molecule has 1 aliphatic carbocycles. The van der Waals surface area contributed by atoms with Gasteiger partial charge in [0.15, 0.2) is 0 Å². The quantitative estimate of drug-likeness (QED) is 0.451. The molecule has 1 heteroatoms. The molecule has 1 rings (SSSR count). The predicted octanol–water partition coefficient (Wildman–Crippen LogP) is 3.61. The van der Waals surface area contributed by atoms with Gasteiger partial charge in [-0.15, -0.1) is 18.2 Å². The van der Waals surface area contributed by atoms with E-state index in [1.54, 1.807) is 0 Å². The van der Waals surface area contributed by atoms with E-state index < -0.39 is 0 Å². The van der Waals surface area contributed by atoms with E-state index in [-0.39, 0.29) is 0 Å². The molecular formula is C10H17Cl. The lowest BCUT2D eigenvalue weighted by atomic mass is 9.81. The number of halogens is 1. The molecular weight excluding hydrogens is 156 g/mol. The Morgan fingerprint density at radius 1 is 1.18 bits per heavy atom. The molecule has 0 aromatic rings. The summed E-state index contributed by atoms with van der Waals surface area (Å²) in [6, 6.07) is 0. The Bertz CT molecular complexity index is 112. The second-order valence-electron chi connectivity index (χ2n) is 3.57. The first-order valence-electron chi connectivity index (χ1n) is 4.53. The van der Waals surface area contributed by atoms with Gasteiger partial charge in [0, 0.05) is 5.88 Å². The van der Waals surface area contributed by atoms with Crippen LogP contribution in [0.5, 0.6) is 0 Å². The summed E-state index contributed by atoms with van der Waals surface area (Å²) in [4.78, 5) is 0. The van der Waals surface area contributed by atoms with Gasteiger partial charge in [-0.05, 0) is 43.9 Å². The zero-order valence-electron chi connectivity index (χ0n) is 7.06. The highest BCUT2D eigenvalue weighted by molar-refractivity contribution is 6.18. The van der Waals surface area contributed by atoms with E-state index in [0.29, 0.717) is 0 Å². The fourth-order valence-electron chi connectivity index (χ4n) is 1.86. The first kappa shape index (κ1) is 9.12. The van der Waals surface area contributed by atoms with Gasteiger partial charge in [-0.25, -0.2) is 0 Å². The van der Waals surface area contributed by atoms with Crippen LogP contribution in [0.4, 0.5) is 0 Å². The Kier molecular flexibility index (Phi) is 3.99. The third-order valence-electron chi connectivity index (χ3n) is 2.68. The lowest BCUT2D eigenvalue weighted by molar-refractivity contribution is 0.294. The molecule has 0 amide bonds. The molecule has 0 aromatic carbocycles. The van der Waals surface area contributed by atoms with Crippen molar-refractivity contribution in [1.29, 1.82) is 0 Å². The smallest absolute Gasteiger partial charge is 0.0251 e. The zero-order valence-corrected chi connectivity index (χ0v) is 7.82. The third-order valence-corrected chi connectivity index (χ3v) is 3.12. The fourth-order valence-corrected chi connectivity index (χ4v) is 2.17. The van der Waals surface area contributed by atoms with Crippen molar-refractivity contribution in [2.45, 2.75) is 32.1 Å². The van der Waals surface area contributed by atoms with Crippen molar-refractivity contribution in [3.63, 3.8) is 0 Å². The minimum absolute atomic E-state index is 0.803. The minimum Gasteiger partial charge on any atom is -0.126 e. The Balaban J connectivity index is 2.18. The highest BCUT2D eigenvalue weighted by atomic mass is 35.5. The van der Waals surface area contributed by atoms with Crippen molar-refractivity contribution in [3.8, 4) is 0 Å². The van der Waals surface area contributed by atoms with Crippen LogP contribution in [-0.2, 0) is 0 Å². The van der Waals surface area contributed by atoms with Crippen LogP contribution in [0.1, 0.15) is 32.1 Å². The highest BCUT2D eigenvalue weighted by Gasteiger charge is 2.18. The maximum absolute atomic E-state index is 5.78. The Morgan fingerprint density at radius 3 is 2.18 bits per heavy atom. The van der Waals surface area contributed by atoms with Crippen LogP contribution in [0.3, 0.4) is 0 Å². The van der Waals surface area contributed by atoms with Crippen LogP contribution in [0.15, 0.2) is 12.7 Å². The largest absolute Gasteiger partial charge is 0.126 e. The summed E-state index contributed by atoms with van der Waals surface area (Å²) in [5.74, 6) is 2.57. The molecule has 0 heterocycles. The molecule has 0 saturated heterocycles. The van der Waals surface area contributed by atoms with Crippen molar-refractivity contribution in [2.75, 3.05) is 5.88 Å². The molecule has 0 atom stereocenters. The van der Waals surface area contributed by atoms with Gasteiger partial charge in [-0.1, -0.05) is 6.08 Å². The zero-order chi connectivity index (χ0) is 8.10. The van der Waals surface area contributed by atoms with E-state index in [0.717, 1.165) is 17.7 Å². The second-order valence-corrected chi connectivity index (χ2v) is 3.87. The van der Waals surface area contributed by atoms with Crippen molar-refractivity contribution in [1.82, 2.24) is 0 Å². The predicted molar refractivity (Wildman–Crippen MR) is 51.0 cm³/mol. The molecule has 11 heavy (non-hydrogen) atoms. The lowest BCUT2D eigenvalue weighted by Crippen LogP contribution is -2.14. The average molecular weight is 173 g/mol. The molecule has 0 spiro atoms. The van der Waals surface area contributed by atoms with Gasteiger partial charge in [0.1, 0.15) is 0 Å². The van der Waals surface area contributed by atoms with E-state index in [2.05, 4.69) is 6.58 Å². The van der Waals surface area contributed by atoms with Crippen molar-refractivity contribution < 1.29 is 0 Å². The maximum atomic E-state index is 5.78. The normalized spacial score (nSPS) is 31.7. The lowest BCUT2D eigenvalue weighted by Gasteiger charge is -2.26. The number of allylic oxidation sites excluding steroid dienone is 1. The molecule has 1 aliphatic rings. The number of alkyl halides is 1. The summed E-state index contributed by atoms with van der Waals surface area (Å²) in [5, 5.41) is 0. The standard InChI is InChI=1S/C10H17Cl/c1-2-3-9-4-6-10(8-11)7-5-9/h2,9-10H,1,3-8H2. The Labute approximate surface area is 74.6 Å². The van der Waals surface area contributed by atoms with Crippen molar-refractivity contribution in [2.24, 2.45) is 11.8 Å². The van der Waals surface area contributed by atoms with Crippen LogP contribution in [-0.4, -0.2) is 5.88 Å². The number of hydrogen-bond donors (Lipinski definition) is 0. The molecule has 1 saturated carbocycles. The van der Waals surface area contributed by atoms with Crippen LogP contribution in [0, 0.1) is 11.8 Å². The summed E-state index contributed by atoms with van der Waals surface area (Å²) >= 11 is 5.78. The van der Waals surface area contributed by atoms with Gasteiger partial charge >= 0.3 is 0 Å².